The molecule has 1 N–H and O–H groups in total. The van der Waals surface area contributed by atoms with Gasteiger partial charge in [-0.2, -0.15) is 0 Å². The number of hydrogen-bond donors (Lipinski definition) is 1. The van der Waals surface area contributed by atoms with Gasteiger partial charge in [0.25, 0.3) is 0 Å². The molecule has 25 heavy (non-hydrogen) atoms. The standard InChI is InChI=1S/C21H25FN2O/c1-3-17-7-9-20(10-8-17)25-21(18-5-4-6-19(22)13-18)15-24-12-11-23-16(2)14-24/h3-10,13,16,21,23H,1,11-12,14-15H2,2H3/t16-,21?/m1/s1. The first-order valence-corrected chi connectivity index (χ1v) is 8.74. The zero-order valence-corrected chi connectivity index (χ0v) is 14.6. The summed E-state index contributed by atoms with van der Waals surface area (Å²) in [6, 6.07) is 15.0. The van der Waals surface area contributed by atoms with Crippen LogP contribution in [0.2, 0.25) is 0 Å². The third-order valence-corrected chi connectivity index (χ3v) is 4.49. The van der Waals surface area contributed by atoms with E-state index in [9.17, 15) is 4.39 Å². The van der Waals surface area contributed by atoms with Gasteiger partial charge in [-0.1, -0.05) is 36.9 Å². The summed E-state index contributed by atoms with van der Waals surface area (Å²) in [6.45, 7) is 9.58. The van der Waals surface area contributed by atoms with Gasteiger partial charge in [0.1, 0.15) is 17.7 Å². The SMILES string of the molecule is C=Cc1ccc(OC(CN2CCN[C@H](C)C2)c2cccc(F)c2)cc1. The fourth-order valence-corrected chi connectivity index (χ4v) is 3.18. The van der Waals surface area contributed by atoms with E-state index < -0.39 is 0 Å². The van der Waals surface area contributed by atoms with Crippen LogP contribution in [0.1, 0.15) is 24.2 Å². The second-order valence-electron chi connectivity index (χ2n) is 6.55. The molecule has 1 aliphatic rings. The summed E-state index contributed by atoms with van der Waals surface area (Å²) in [7, 11) is 0. The number of piperazine rings is 1. The Labute approximate surface area is 149 Å². The molecule has 3 rings (SSSR count). The Bertz CT molecular complexity index is 701. The molecule has 1 unspecified atom stereocenters. The fourth-order valence-electron chi connectivity index (χ4n) is 3.18. The van der Waals surface area contributed by atoms with Crippen LogP contribution in [-0.2, 0) is 0 Å². The largest absolute Gasteiger partial charge is 0.484 e. The number of nitrogens with zero attached hydrogens (tertiary/aromatic N) is 1. The van der Waals surface area contributed by atoms with Crippen molar-refractivity contribution in [2.75, 3.05) is 26.2 Å². The third kappa shape index (κ3) is 4.91. The molecule has 0 bridgehead atoms. The number of nitrogens with one attached hydrogen (secondary N) is 1. The van der Waals surface area contributed by atoms with Gasteiger partial charge < -0.3 is 10.1 Å². The average Bonchev–Trinajstić information content (AvgIpc) is 2.62. The molecule has 132 valence electrons. The quantitative estimate of drug-likeness (QED) is 0.864. The first-order valence-electron chi connectivity index (χ1n) is 8.74. The minimum absolute atomic E-state index is 0.212. The minimum atomic E-state index is -0.234. The molecule has 0 aliphatic carbocycles. The molecule has 0 amide bonds. The zero-order valence-electron chi connectivity index (χ0n) is 14.6. The van der Waals surface area contributed by atoms with Crippen LogP contribution in [0.3, 0.4) is 0 Å². The summed E-state index contributed by atoms with van der Waals surface area (Å²) >= 11 is 0. The minimum Gasteiger partial charge on any atom is -0.484 e. The summed E-state index contributed by atoms with van der Waals surface area (Å²) < 4.78 is 19.9. The maximum absolute atomic E-state index is 13.7. The number of benzene rings is 2. The van der Waals surface area contributed by atoms with Crippen molar-refractivity contribution < 1.29 is 9.13 Å². The lowest BCUT2D eigenvalue weighted by molar-refractivity contribution is 0.112. The van der Waals surface area contributed by atoms with Crippen molar-refractivity contribution in [2.24, 2.45) is 0 Å². The van der Waals surface area contributed by atoms with E-state index in [2.05, 4.69) is 23.7 Å². The Hall–Kier alpha value is -2.17. The highest BCUT2D eigenvalue weighted by atomic mass is 19.1. The van der Waals surface area contributed by atoms with Gasteiger partial charge in [0.15, 0.2) is 0 Å². The fraction of sp³-hybridized carbons (Fsp3) is 0.333. The molecule has 0 saturated carbocycles. The van der Waals surface area contributed by atoms with E-state index in [0.29, 0.717) is 6.04 Å². The summed E-state index contributed by atoms with van der Waals surface area (Å²) in [5.41, 5.74) is 1.91. The van der Waals surface area contributed by atoms with Crippen molar-refractivity contribution in [2.45, 2.75) is 19.1 Å². The lowest BCUT2D eigenvalue weighted by Crippen LogP contribution is -2.50. The van der Waals surface area contributed by atoms with Crippen LogP contribution in [0.25, 0.3) is 6.08 Å². The lowest BCUT2D eigenvalue weighted by atomic mass is 10.1. The smallest absolute Gasteiger partial charge is 0.136 e. The van der Waals surface area contributed by atoms with Crippen molar-refractivity contribution in [1.82, 2.24) is 10.2 Å². The molecule has 0 radical (unpaired) electrons. The van der Waals surface area contributed by atoms with E-state index in [1.54, 1.807) is 18.2 Å². The van der Waals surface area contributed by atoms with Gasteiger partial charge in [-0.15, -0.1) is 0 Å². The highest BCUT2D eigenvalue weighted by Crippen LogP contribution is 2.24. The molecule has 1 fully saturated rings. The maximum atomic E-state index is 13.7. The van der Waals surface area contributed by atoms with Gasteiger partial charge in [-0.05, 0) is 42.3 Å². The van der Waals surface area contributed by atoms with Crippen LogP contribution >= 0.6 is 0 Å². The molecule has 2 atom stereocenters. The van der Waals surface area contributed by atoms with Gasteiger partial charge in [0, 0.05) is 32.2 Å². The predicted molar refractivity (Wildman–Crippen MR) is 100 cm³/mol. The summed E-state index contributed by atoms with van der Waals surface area (Å²) in [5, 5.41) is 3.44. The Balaban J connectivity index is 1.78. The van der Waals surface area contributed by atoms with Crippen LogP contribution in [0.4, 0.5) is 4.39 Å². The molecule has 1 aliphatic heterocycles. The molecule has 1 saturated heterocycles. The van der Waals surface area contributed by atoms with E-state index in [1.807, 2.05) is 30.3 Å². The first-order chi connectivity index (χ1) is 12.1. The molecule has 0 aromatic heterocycles. The third-order valence-electron chi connectivity index (χ3n) is 4.49. The number of halogens is 1. The topological polar surface area (TPSA) is 24.5 Å². The van der Waals surface area contributed by atoms with E-state index in [4.69, 9.17) is 4.74 Å². The van der Waals surface area contributed by atoms with Crippen molar-refractivity contribution in [3.05, 3.63) is 72.1 Å². The van der Waals surface area contributed by atoms with Crippen LogP contribution < -0.4 is 10.1 Å². The van der Waals surface area contributed by atoms with Crippen molar-refractivity contribution in [3.63, 3.8) is 0 Å². The molecule has 0 spiro atoms. The zero-order chi connectivity index (χ0) is 17.6. The molecular formula is C21H25FN2O. The molecule has 3 nitrogen and oxygen atoms in total. The first kappa shape index (κ1) is 17.6. The second kappa shape index (κ2) is 8.28. The van der Waals surface area contributed by atoms with Gasteiger partial charge in [0.2, 0.25) is 0 Å². The number of rotatable bonds is 6. The summed E-state index contributed by atoms with van der Waals surface area (Å²) in [6.07, 6.45) is 1.59. The van der Waals surface area contributed by atoms with Crippen molar-refractivity contribution in [3.8, 4) is 5.75 Å². The molecule has 2 aromatic rings. The second-order valence-corrected chi connectivity index (χ2v) is 6.55. The number of ether oxygens (including phenoxy) is 1. The Morgan fingerprint density at radius 2 is 2.12 bits per heavy atom. The van der Waals surface area contributed by atoms with Gasteiger partial charge >= 0.3 is 0 Å². The summed E-state index contributed by atoms with van der Waals surface area (Å²) in [4.78, 5) is 2.37. The normalized spacial score (nSPS) is 19.4. The lowest BCUT2D eigenvalue weighted by Gasteiger charge is -2.34. The molecule has 4 heteroatoms. The van der Waals surface area contributed by atoms with Crippen molar-refractivity contribution in [1.29, 1.82) is 0 Å². The Morgan fingerprint density at radius 1 is 1.32 bits per heavy atom. The predicted octanol–water partition coefficient (Wildman–Crippen LogP) is 3.88. The molecule has 1 heterocycles. The Morgan fingerprint density at radius 3 is 2.80 bits per heavy atom. The maximum Gasteiger partial charge on any atom is 0.136 e. The van der Waals surface area contributed by atoms with Crippen LogP contribution in [0.15, 0.2) is 55.1 Å². The van der Waals surface area contributed by atoms with Gasteiger partial charge in [-0.3, -0.25) is 4.90 Å². The highest BCUT2D eigenvalue weighted by Gasteiger charge is 2.22. The molecular weight excluding hydrogens is 315 g/mol. The number of hydrogen-bond acceptors (Lipinski definition) is 3. The summed E-state index contributed by atoms with van der Waals surface area (Å²) in [5.74, 6) is 0.546. The van der Waals surface area contributed by atoms with Crippen LogP contribution in [-0.4, -0.2) is 37.1 Å². The molecule has 2 aromatic carbocycles. The Kier molecular flexibility index (Phi) is 5.84. The van der Waals surface area contributed by atoms with E-state index in [1.165, 1.54) is 6.07 Å². The van der Waals surface area contributed by atoms with E-state index in [-0.39, 0.29) is 11.9 Å². The van der Waals surface area contributed by atoms with Crippen molar-refractivity contribution >= 4 is 6.08 Å². The van der Waals surface area contributed by atoms with E-state index >= 15 is 0 Å². The van der Waals surface area contributed by atoms with Crippen LogP contribution in [0.5, 0.6) is 5.75 Å². The average molecular weight is 340 g/mol. The van der Waals surface area contributed by atoms with E-state index in [0.717, 1.165) is 43.1 Å². The van der Waals surface area contributed by atoms with Crippen LogP contribution in [0, 0.1) is 5.82 Å². The van der Waals surface area contributed by atoms with Gasteiger partial charge in [-0.25, -0.2) is 4.39 Å². The highest BCUT2D eigenvalue weighted by molar-refractivity contribution is 5.48. The van der Waals surface area contributed by atoms with Gasteiger partial charge in [0.05, 0.1) is 0 Å². The monoisotopic (exact) mass is 340 g/mol.